The van der Waals surface area contributed by atoms with Crippen molar-refractivity contribution < 1.29 is 9.53 Å². The molecule has 0 radical (unpaired) electrons. The Hall–Kier alpha value is -2.70. The quantitative estimate of drug-likeness (QED) is 0.719. The molecule has 2 aliphatic rings. The van der Waals surface area contributed by atoms with Gasteiger partial charge in [-0.2, -0.15) is 5.10 Å². The maximum absolute atomic E-state index is 13.4. The van der Waals surface area contributed by atoms with Crippen LogP contribution in [0.25, 0.3) is 0 Å². The number of carbonyl (C=O) groups excluding carboxylic acids is 1. The number of rotatable bonds is 6. The van der Waals surface area contributed by atoms with E-state index in [2.05, 4.69) is 47.9 Å². The summed E-state index contributed by atoms with van der Waals surface area (Å²) in [6.45, 7) is 9.61. The Labute approximate surface area is 185 Å². The van der Waals surface area contributed by atoms with Crippen molar-refractivity contribution in [1.82, 2.24) is 14.8 Å². The molecule has 6 nitrogen and oxygen atoms in total. The van der Waals surface area contributed by atoms with Gasteiger partial charge in [-0.1, -0.05) is 48.9 Å². The maximum Gasteiger partial charge on any atom is 0.257 e. The third-order valence-corrected chi connectivity index (χ3v) is 6.32. The summed E-state index contributed by atoms with van der Waals surface area (Å²) < 4.78 is 5.56. The number of nitrogens with zero attached hydrogens (tertiary/aromatic N) is 4. The van der Waals surface area contributed by atoms with E-state index in [1.54, 1.807) is 12.1 Å². The number of methoxy groups -OCH3 is 1. The van der Waals surface area contributed by atoms with Crippen molar-refractivity contribution in [3.63, 3.8) is 0 Å². The minimum absolute atomic E-state index is 0.0559. The molecule has 1 amide bonds. The molecule has 2 heterocycles. The number of carbonyl (C=O) groups is 1. The summed E-state index contributed by atoms with van der Waals surface area (Å²) in [6, 6.07) is 16.2. The first kappa shape index (κ1) is 21.5. The summed E-state index contributed by atoms with van der Waals surface area (Å²) in [4.78, 5) is 18.0. The largest absolute Gasteiger partial charge is 0.496 e. The van der Waals surface area contributed by atoms with E-state index in [1.807, 2.05) is 24.3 Å². The molecular weight excluding hydrogens is 388 g/mol. The van der Waals surface area contributed by atoms with Crippen molar-refractivity contribution in [2.45, 2.75) is 26.3 Å². The summed E-state index contributed by atoms with van der Waals surface area (Å²) >= 11 is 0. The van der Waals surface area contributed by atoms with Gasteiger partial charge < -0.3 is 9.64 Å². The second kappa shape index (κ2) is 9.62. The topological polar surface area (TPSA) is 48.4 Å². The van der Waals surface area contributed by atoms with E-state index in [1.165, 1.54) is 5.56 Å². The number of benzene rings is 2. The number of hydrazone groups is 1. The van der Waals surface area contributed by atoms with Crippen LogP contribution in [0, 0.1) is 6.92 Å². The van der Waals surface area contributed by atoms with Crippen molar-refractivity contribution in [3.05, 3.63) is 65.2 Å². The first-order valence-corrected chi connectivity index (χ1v) is 11.1. The van der Waals surface area contributed by atoms with E-state index in [4.69, 9.17) is 9.84 Å². The van der Waals surface area contributed by atoms with E-state index in [0.29, 0.717) is 13.0 Å². The number of para-hydroxylation sites is 1. The zero-order valence-electron chi connectivity index (χ0n) is 18.8. The minimum atomic E-state index is -0.0926. The van der Waals surface area contributed by atoms with Gasteiger partial charge in [-0.05, 0) is 31.2 Å². The van der Waals surface area contributed by atoms with Gasteiger partial charge in [0.1, 0.15) is 5.75 Å². The zero-order chi connectivity index (χ0) is 21.8. The molecule has 1 saturated heterocycles. The molecule has 0 aliphatic carbocycles. The van der Waals surface area contributed by atoms with Crippen LogP contribution in [0.3, 0.4) is 0 Å². The van der Waals surface area contributed by atoms with Crippen LogP contribution >= 0.6 is 0 Å². The fourth-order valence-corrected chi connectivity index (χ4v) is 4.36. The van der Waals surface area contributed by atoms with E-state index in [-0.39, 0.29) is 11.9 Å². The minimum Gasteiger partial charge on any atom is -0.496 e. The van der Waals surface area contributed by atoms with Crippen LogP contribution in [0.1, 0.15) is 36.1 Å². The number of piperazine rings is 1. The van der Waals surface area contributed by atoms with Gasteiger partial charge in [-0.25, -0.2) is 5.01 Å². The average Bonchev–Trinajstić information content (AvgIpc) is 3.25. The Balaban J connectivity index is 1.58. The molecule has 0 unspecified atom stereocenters. The third-order valence-electron chi connectivity index (χ3n) is 6.32. The molecule has 0 aromatic heterocycles. The molecule has 0 bridgehead atoms. The number of ether oxygens (including phenoxy) is 1. The highest BCUT2D eigenvalue weighted by atomic mass is 16.5. The summed E-state index contributed by atoms with van der Waals surface area (Å²) in [7, 11) is 1.67. The zero-order valence-corrected chi connectivity index (χ0v) is 18.8. The van der Waals surface area contributed by atoms with Crippen molar-refractivity contribution in [2.24, 2.45) is 5.10 Å². The number of hydrogen-bond donors (Lipinski definition) is 0. The maximum atomic E-state index is 13.4. The van der Waals surface area contributed by atoms with Crippen molar-refractivity contribution in [2.75, 3.05) is 46.4 Å². The van der Waals surface area contributed by atoms with Crippen LogP contribution in [0.15, 0.2) is 53.6 Å². The van der Waals surface area contributed by atoms with Crippen molar-refractivity contribution in [3.8, 4) is 5.75 Å². The second-order valence-corrected chi connectivity index (χ2v) is 8.33. The van der Waals surface area contributed by atoms with Gasteiger partial charge in [-0.15, -0.1) is 0 Å². The molecule has 1 atom stereocenters. The molecule has 0 saturated carbocycles. The Morgan fingerprint density at radius 3 is 2.39 bits per heavy atom. The highest BCUT2D eigenvalue weighted by Crippen LogP contribution is 2.35. The van der Waals surface area contributed by atoms with Crippen LogP contribution in [-0.4, -0.2) is 72.8 Å². The fourth-order valence-electron chi connectivity index (χ4n) is 4.36. The summed E-state index contributed by atoms with van der Waals surface area (Å²) in [5.41, 5.74) is 4.17. The van der Waals surface area contributed by atoms with Crippen molar-refractivity contribution >= 4 is 11.6 Å². The molecule has 4 rings (SSSR count). The Bertz CT molecular complexity index is 933. The lowest BCUT2D eigenvalue weighted by atomic mass is 9.97. The molecule has 0 spiro atoms. The van der Waals surface area contributed by atoms with Gasteiger partial charge in [0, 0.05) is 38.2 Å². The number of amides is 1. The highest BCUT2D eigenvalue weighted by Gasteiger charge is 2.34. The number of hydrogen-bond acceptors (Lipinski definition) is 5. The lowest BCUT2D eigenvalue weighted by molar-refractivity contribution is -0.134. The lowest BCUT2D eigenvalue weighted by Gasteiger charge is -2.34. The molecule has 31 heavy (non-hydrogen) atoms. The first-order chi connectivity index (χ1) is 15.1. The standard InChI is InChI=1S/C25H32N4O2/c1-4-27-13-15-28(16-14-27)18-25(30)29-23(20-11-9-19(2)10-12-20)17-22(26-29)21-7-5-6-8-24(21)31-3/h5-12,23H,4,13-18H2,1-3H3/t23-/m0/s1. The van der Waals surface area contributed by atoms with Crippen molar-refractivity contribution in [1.29, 1.82) is 0 Å². The van der Waals surface area contributed by atoms with Gasteiger partial charge in [0.25, 0.3) is 5.91 Å². The van der Waals surface area contributed by atoms with Crippen LogP contribution in [0.5, 0.6) is 5.75 Å². The Kier molecular flexibility index (Phi) is 6.68. The summed E-state index contributed by atoms with van der Waals surface area (Å²) in [5, 5.41) is 6.53. The van der Waals surface area contributed by atoms with Crippen LogP contribution in [0.2, 0.25) is 0 Å². The van der Waals surface area contributed by atoms with Gasteiger partial charge in [0.2, 0.25) is 0 Å². The Morgan fingerprint density at radius 1 is 1.03 bits per heavy atom. The predicted octanol–water partition coefficient (Wildman–Crippen LogP) is 3.32. The van der Waals surface area contributed by atoms with E-state index < -0.39 is 0 Å². The molecule has 2 aromatic rings. The normalized spacial score (nSPS) is 20.0. The van der Waals surface area contributed by atoms with Crippen LogP contribution in [-0.2, 0) is 4.79 Å². The summed E-state index contributed by atoms with van der Waals surface area (Å²) in [5.74, 6) is 0.842. The molecule has 164 valence electrons. The van der Waals surface area contributed by atoms with Gasteiger partial charge in [0.15, 0.2) is 0 Å². The van der Waals surface area contributed by atoms with Gasteiger partial charge >= 0.3 is 0 Å². The van der Waals surface area contributed by atoms with Gasteiger partial charge in [0.05, 0.1) is 25.4 Å². The predicted molar refractivity (Wildman–Crippen MR) is 123 cm³/mol. The monoisotopic (exact) mass is 420 g/mol. The van der Waals surface area contributed by atoms with Crippen LogP contribution < -0.4 is 4.74 Å². The molecular formula is C25H32N4O2. The fraction of sp³-hybridized carbons (Fsp3) is 0.440. The molecule has 2 aliphatic heterocycles. The second-order valence-electron chi connectivity index (χ2n) is 8.33. The first-order valence-electron chi connectivity index (χ1n) is 11.1. The average molecular weight is 421 g/mol. The van der Waals surface area contributed by atoms with Crippen LogP contribution in [0.4, 0.5) is 0 Å². The SMILES string of the molecule is CCN1CCN(CC(=O)N2N=C(c3ccccc3OC)C[C@H]2c2ccc(C)cc2)CC1. The molecule has 6 heteroatoms. The molecule has 1 fully saturated rings. The smallest absolute Gasteiger partial charge is 0.257 e. The molecule has 2 aromatic carbocycles. The lowest BCUT2D eigenvalue weighted by Crippen LogP contribution is -2.49. The number of aryl methyl sites for hydroxylation is 1. The third kappa shape index (κ3) is 4.81. The highest BCUT2D eigenvalue weighted by molar-refractivity contribution is 6.05. The van der Waals surface area contributed by atoms with Gasteiger partial charge in [-0.3, -0.25) is 9.69 Å². The van der Waals surface area contributed by atoms with E-state index >= 15 is 0 Å². The number of likely N-dealkylation sites (N-methyl/N-ethyl adjacent to an activating group) is 1. The Morgan fingerprint density at radius 2 is 1.71 bits per heavy atom. The summed E-state index contributed by atoms with van der Waals surface area (Å²) in [6.07, 6.45) is 0.679. The molecule has 0 N–H and O–H groups in total. The van der Waals surface area contributed by atoms with E-state index in [0.717, 1.165) is 55.3 Å². The van der Waals surface area contributed by atoms with E-state index in [9.17, 15) is 4.79 Å².